The fourth-order valence-electron chi connectivity index (χ4n) is 1.81. The van der Waals surface area contributed by atoms with Gasteiger partial charge in [-0.2, -0.15) is 0 Å². The molecular formula is C16H30. The molecule has 0 saturated carbocycles. The van der Waals surface area contributed by atoms with Gasteiger partial charge in [-0.15, -0.1) is 11.8 Å². The Bertz CT molecular complexity index is 170. The molecule has 0 aliphatic heterocycles. The third-order valence-electron chi connectivity index (χ3n) is 2.94. The van der Waals surface area contributed by atoms with Crippen LogP contribution in [0.15, 0.2) is 0 Å². The fraction of sp³-hybridized carbons (Fsp3) is 0.875. The van der Waals surface area contributed by atoms with E-state index in [2.05, 4.69) is 25.7 Å². The van der Waals surface area contributed by atoms with Crippen molar-refractivity contribution >= 4 is 0 Å². The summed E-state index contributed by atoms with van der Waals surface area (Å²) in [6.45, 7) is 4.52. The Hall–Kier alpha value is -0.440. The fourth-order valence-corrected chi connectivity index (χ4v) is 1.81. The van der Waals surface area contributed by atoms with Crippen LogP contribution >= 0.6 is 0 Å². The van der Waals surface area contributed by atoms with Gasteiger partial charge in [-0.3, -0.25) is 0 Å². The molecule has 0 aromatic rings. The van der Waals surface area contributed by atoms with E-state index >= 15 is 0 Å². The topological polar surface area (TPSA) is 0 Å². The second-order valence-corrected chi connectivity index (χ2v) is 4.68. The highest BCUT2D eigenvalue weighted by Crippen LogP contribution is 2.06. The molecule has 0 heterocycles. The predicted octanol–water partition coefficient (Wildman–Crippen LogP) is 5.71. The van der Waals surface area contributed by atoms with Crippen molar-refractivity contribution in [2.75, 3.05) is 0 Å². The lowest BCUT2D eigenvalue weighted by Gasteiger charge is -1.96. The highest BCUT2D eigenvalue weighted by molar-refractivity contribution is 4.98. The second-order valence-electron chi connectivity index (χ2n) is 4.68. The number of hydrogen-bond acceptors (Lipinski definition) is 0. The van der Waals surface area contributed by atoms with Gasteiger partial charge < -0.3 is 0 Å². The maximum absolute atomic E-state index is 3.30. The van der Waals surface area contributed by atoms with Gasteiger partial charge in [0.2, 0.25) is 0 Å². The van der Waals surface area contributed by atoms with Crippen molar-refractivity contribution in [1.29, 1.82) is 0 Å². The lowest BCUT2D eigenvalue weighted by molar-refractivity contribution is 0.613. The molecule has 0 heteroatoms. The summed E-state index contributed by atoms with van der Waals surface area (Å²) >= 11 is 0. The van der Waals surface area contributed by atoms with E-state index < -0.39 is 0 Å². The molecule has 0 radical (unpaired) electrons. The first-order valence-corrected chi connectivity index (χ1v) is 7.37. The molecule has 94 valence electrons. The summed E-state index contributed by atoms with van der Waals surface area (Å²) in [5.41, 5.74) is 0. The molecule has 0 nitrogen and oxygen atoms in total. The highest BCUT2D eigenvalue weighted by atomic mass is 13.9. The molecule has 0 unspecified atom stereocenters. The molecule has 0 aliphatic rings. The zero-order valence-electron chi connectivity index (χ0n) is 11.5. The van der Waals surface area contributed by atoms with Crippen molar-refractivity contribution in [1.82, 2.24) is 0 Å². The maximum atomic E-state index is 3.30. The number of rotatable bonds is 10. The van der Waals surface area contributed by atoms with Crippen LogP contribution < -0.4 is 0 Å². The molecule has 16 heavy (non-hydrogen) atoms. The second kappa shape index (κ2) is 14.6. The third kappa shape index (κ3) is 13.6. The zero-order chi connectivity index (χ0) is 11.9. The van der Waals surface area contributed by atoms with Gasteiger partial charge in [0.25, 0.3) is 0 Å². The van der Waals surface area contributed by atoms with Crippen molar-refractivity contribution in [3.63, 3.8) is 0 Å². The minimum atomic E-state index is 1.12. The third-order valence-corrected chi connectivity index (χ3v) is 2.94. The lowest BCUT2D eigenvalue weighted by atomic mass is 10.1. The van der Waals surface area contributed by atoms with Gasteiger partial charge in [0.1, 0.15) is 0 Å². The van der Waals surface area contributed by atoms with Crippen molar-refractivity contribution < 1.29 is 0 Å². The molecule has 0 bridgehead atoms. The SMILES string of the molecule is CCCCCCC#CCCCCCCCC. The van der Waals surface area contributed by atoms with Gasteiger partial charge in [-0.1, -0.05) is 65.2 Å². The van der Waals surface area contributed by atoms with E-state index in [9.17, 15) is 0 Å². The van der Waals surface area contributed by atoms with Crippen molar-refractivity contribution in [3.8, 4) is 11.8 Å². The molecule has 0 N–H and O–H groups in total. The normalized spacial score (nSPS) is 9.88. The van der Waals surface area contributed by atoms with Crippen LogP contribution in [0.5, 0.6) is 0 Å². The molecule has 0 aliphatic carbocycles. The van der Waals surface area contributed by atoms with Gasteiger partial charge in [0.05, 0.1) is 0 Å². The molecule has 0 fully saturated rings. The minimum absolute atomic E-state index is 1.12. The molecule has 0 amide bonds. The summed E-state index contributed by atoms with van der Waals surface area (Å²) in [7, 11) is 0. The van der Waals surface area contributed by atoms with E-state index in [1.807, 2.05) is 0 Å². The summed E-state index contributed by atoms with van der Waals surface area (Å²) in [6, 6.07) is 0. The van der Waals surface area contributed by atoms with Crippen LogP contribution in [0.3, 0.4) is 0 Å². The molecular weight excluding hydrogens is 192 g/mol. The van der Waals surface area contributed by atoms with E-state index in [-0.39, 0.29) is 0 Å². The summed E-state index contributed by atoms with van der Waals surface area (Å²) in [4.78, 5) is 0. The van der Waals surface area contributed by atoms with Gasteiger partial charge in [-0.25, -0.2) is 0 Å². The standard InChI is InChI=1S/C16H30/c1-3-5-7-9-11-13-15-16-14-12-10-8-6-4-2/h3-13,15H2,1-2H3. The monoisotopic (exact) mass is 222 g/mol. The van der Waals surface area contributed by atoms with Crippen LogP contribution in [0.4, 0.5) is 0 Å². The van der Waals surface area contributed by atoms with Crippen LogP contribution in [0, 0.1) is 11.8 Å². The Morgan fingerprint density at radius 1 is 0.500 bits per heavy atom. The van der Waals surface area contributed by atoms with Crippen LogP contribution in [0.1, 0.15) is 90.9 Å². The molecule has 0 saturated heterocycles. The smallest absolute Gasteiger partial charge is 0.00886 e. The first-order valence-electron chi connectivity index (χ1n) is 7.37. The summed E-state index contributed by atoms with van der Waals surface area (Å²) in [6.07, 6.45) is 15.9. The molecule has 0 rings (SSSR count). The Morgan fingerprint density at radius 2 is 0.875 bits per heavy atom. The van der Waals surface area contributed by atoms with E-state index in [0.29, 0.717) is 0 Å². The Morgan fingerprint density at radius 3 is 1.38 bits per heavy atom. The van der Waals surface area contributed by atoms with Gasteiger partial charge in [0, 0.05) is 12.8 Å². The summed E-state index contributed by atoms with van der Waals surface area (Å²) < 4.78 is 0. The Balaban J connectivity index is 3.03. The maximum Gasteiger partial charge on any atom is 0.00886 e. The quantitative estimate of drug-likeness (QED) is 0.328. The Kier molecular flexibility index (Phi) is 14.2. The predicted molar refractivity (Wildman–Crippen MR) is 74.5 cm³/mol. The van der Waals surface area contributed by atoms with Crippen LogP contribution in [0.25, 0.3) is 0 Å². The van der Waals surface area contributed by atoms with E-state index in [0.717, 1.165) is 12.8 Å². The Labute approximate surface area is 103 Å². The van der Waals surface area contributed by atoms with Gasteiger partial charge >= 0.3 is 0 Å². The average Bonchev–Trinajstić information content (AvgIpc) is 2.31. The van der Waals surface area contributed by atoms with E-state index in [1.165, 1.54) is 64.2 Å². The molecule has 0 aromatic heterocycles. The van der Waals surface area contributed by atoms with Gasteiger partial charge in [0.15, 0.2) is 0 Å². The lowest BCUT2D eigenvalue weighted by Crippen LogP contribution is -1.78. The number of unbranched alkanes of at least 4 members (excludes halogenated alkanes) is 10. The first-order chi connectivity index (χ1) is 7.91. The highest BCUT2D eigenvalue weighted by Gasteiger charge is 1.88. The van der Waals surface area contributed by atoms with Crippen LogP contribution in [0.2, 0.25) is 0 Å². The van der Waals surface area contributed by atoms with Crippen LogP contribution in [-0.2, 0) is 0 Å². The summed E-state index contributed by atoms with van der Waals surface area (Å²) in [5, 5.41) is 0. The molecule has 0 spiro atoms. The minimum Gasteiger partial charge on any atom is -0.103 e. The molecule has 0 aromatic carbocycles. The van der Waals surface area contributed by atoms with Crippen molar-refractivity contribution in [2.45, 2.75) is 90.9 Å². The molecule has 0 atom stereocenters. The van der Waals surface area contributed by atoms with Crippen LogP contribution in [-0.4, -0.2) is 0 Å². The van der Waals surface area contributed by atoms with Gasteiger partial charge in [-0.05, 0) is 12.8 Å². The summed E-state index contributed by atoms with van der Waals surface area (Å²) in [5.74, 6) is 6.60. The average molecular weight is 222 g/mol. The van der Waals surface area contributed by atoms with E-state index in [1.54, 1.807) is 0 Å². The van der Waals surface area contributed by atoms with E-state index in [4.69, 9.17) is 0 Å². The largest absolute Gasteiger partial charge is 0.103 e. The number of hydrogen-bond donors (Lipinski definition) is 0. The zero-order valence-corrected chi connectivity index (χ0v) is 11.5. The first kappa shape index (κ1) is 15.6. The van der Waals surface area contributed by atoms with Crippen molar-refractivity contribution in [2.24, 2.45) is 0 Å². The van der Waals surface area contributed by atoms with Crippen molar-refractivity contribution in [3.05, 3.63) is 0 Å².